The lowest BCUT2D eigenvalue weighted by Gasteiger charge is -2.03. The van der Waals surface area contributed by atoms with Crippen LogP contribution in [-0.4, -0.2) is 28.8 Å². The van der Waals surface area contributed by atoms with Crippen LogP contribution in [0, 0.1) is 0 Å². The van der Waals surface area contributed by atoms with Gasteiger partial charge in [-0.15, -0.1) is 11.3 Å². The number of rotatable bonds is 7. The van der Waals surface area contributed by atoms with Crippen molar-refractivity contribution in [3.63, 3.8) is 0 Å². The molecule has 0 spiro atoms. The zero-order valence-corrected chi connectivity index (χ0v) is 19.1. The number of benzene rings is 1. The molecule has 0 saturated heterocycles. The number of thiophene rings is 1. The van der Waals surface area contributed by atoms with Crippen LogP contribution in [0.3, 0.4) is 0 Å². The lowest BCUT2D eigenvalue weighted by molar-refractivity contribution is -0.125. The number of nitrogens with one attached hydrogen (secondary N) is 1. The van der Waals surface area contributed by atoms with Gasteiger partial charge in [-0.05, 0) is 54.3 Å². The standard InChI is InChI=1S/C23H19BrN4O2S/c1-16(22-6-4-12-31-22)27-30-15-23(29)26-25-14-21-20(17-7-9-18(24)10-8-17)13-19-5-2-3-11-28(19)21/h2-14H,15H2,1H3,(H,26,29)/b25-14+,27-16+. The summed E-state index contributed by atoms with van der Waals surface area (Å²) in [6, 6.07) is 20.0. The van der Waals surface area contributed by atoms with E-state index >= 15 is 0 Å². The molecular formula is C23H19BrN4O2S. The number of oxime groups is 1. The van der Waals surface area contributed by atoms with Gasteiger partial charge in [-0.25, -0.2) is 5.43 Å². The van der Waals surface area contributed by atoms with Crippen LogP contribution >= 0.6 is 27.3 Å². The Morgan fingerprint density at radius 3 is 2.81 bits per heavy atom. The summed E-state index contributed by atoms with van der Waals surface area (Å²) in [5.41, 5.74) is 7.20. The number of carbonyl (C=O) groups excluding carboxylic acids is 1. The minimum absolute atomic E-state index is 0.214. The Kier molecular flexibility index (Phi) is 6.59. The molecule has 0 saturated carbocycles. The van der Waals surface area contributed by atoms with Crippen LogP contribution in [0.15, 0.2) is 87.0 Å². The molecule has 4 rings (SSSR count). The van der Waals surface area contributed by atoms with Crippen LogP contribution in [0.1, 0.15) is 17.5 Å². The van der Waals surface area contributed by atoms with Crippen molar-refractivity contribution < 1.29 is 9.63 Å². The maximum absolute atomic E-state index is 12.1. The third kappa shape index (κ3) is 5.10. The second-order valence-corrected chi connectivity index (χ2v) is 8.53. The molecule has 0 fully saturated rings. The SMILES string of the molecule is C/C(=N\OCC(=O)N/N=C/c1c(-c2ccc(Br)cc2)cc2ccccn12)c1cccs1. The molecule has 0 atom stereocenters. The van der Waals surface area contributed by atoms with Gasteiger partial charge in [0.1, 0.15) is 0 Å². The predicted molar refractivity (Wildman–Crippen MR) is 129 cm³/mol. The van der Waals surface area contributed by atoms with Crippen molar-refractivity contribution in [2.45, 2.75) is 6.92 Å². The fraction of sp³-hybridized carbons (Fsp3) is 0.0870. The Morgan fingerprint density at radius 2 is 2.03 bits per heavy atom. The van der Waals surface area contributed by atoms with Gasteiger partial charge in [-0.3, -0.25) is 4.79 Å². The highest BCUT2D eigenvalue weighted by Crippen LogP contribution is 2.28. The van der Waals surface area contributed by atoms with Crippen molar-refractivity contribution in [2.75, 3.05) is 6.61 Å². The summed E-state index contributed by atoms with van der Waals surface area (Å²) in [4.78, 5) is 18.2. The zero-order valence-electron chi connectivity index (χ0n) is 16.7. The van der Waals surface area contributed by atoms with Crippen LogP contribution in [0.2, 0.25) is 0 Å². The molecule has 0 bridgehead atoms. The van der Waals surface area contributed by atoms with E-state index in [0.29, 0.717) is 0 Å². The number of halogens is 1. The first-order chi connectivity index (χ1) is 15.1. The van der Waals surface area contributed by atoms with E-state index in [1.54, 1.807) is 17.6 Å². The second kappa shape index (κ2) is 9.72. The summed E-state index contributed by atoms with van der Waals surface area (Å²) in [5, 5.41) is 10.1. The molecule has 31 heavy (non-hydrogen) atoms. The maximum atomic E-state index is 12.1. The molecule has 8 heteroatoms. The van der Waals surface area contributed by atoms with Crippen molar-refractivity contribution in [1.29, 1.82) is 0 Å². The average molecular weight is 495 g/mol. The van der Waals surface area contributed by atoms with E-state index < -0.39 is 0 Å². The minimum atomic E-state index is -0.384. The van der Waals surface area contributed by atoms with Crippen LogP contribution in [0.4, 0.5) is 0 Å². The Morgan fingerprint density at radius 1 is 1.19 bits per heavy atom. The number of hydrogen-bond acceptors (Lipinski definition) is 5. The molecule has 0 unspecified atom stereocenters. The van der Waals surface area contributed by atoms with Crippen LogP contribution in [0.25, 0.3) is 16.6 Å². The first kappa shape index (κ1) is 21.0. The lowest BCUT2D eigenvalue weighted by Crippen LogP contribution is -2.22. The lowest BCUT2D eigenvalue weighted by atomic mass is 10.1. The molecule has 3 aromatic heterocycles. The molecule has 156 valence electrons. The van der Waals surface area contributed by atoms with E-state index in [0.717, 1.165) is 37.4 Å². The highest BCUT2D eigenvalue weighted by Gasteiger charge is 2.10. The van der Waals surface area contributed by atoms with Crippen molar-refractivity contribution in [3.8, 4) is 11.1 Å². The average Bonchev–Trinajstić information content (AvgIpc) is 3.43. The second-order valence-electron chi connectivity index (χ2n) is 6.67. The molecule has 1 N–H and O–H groups in total. The van der Waals surface area contributed by atoms with E-state index in [9.17, 15) is 4.79 Å². The molecule has 0 radical (unpaired) electrons. The maximum Gasteiger partial charge on any atom is 0.280 e. The largest absolute Gasteiger partial charge is 0.385 e. The summed E-state index contributed by atoms with van der Waals surface area (Å²) in [5.74, 6) is -0.384. The Labute approximate surface area is 192 Å². The Bertz CT molecular complexity index is 1240. The summed E-state index contributed by atoms with van der Waals surface area (Å²) in [6.07, 6.45) is 3.61. The van der Waals surface area contributed by atoms with E-state index in [1.807, 2.05) is 77.5 Å². The van der Waals surface area contributed by atoms with E-state index in [-0.39, 0.29) is 12.5 Å². The van der Waals surface area contributed by atoms with Gasteiger partial charge in [0.05, 0.1) is 22.5 Å². The fourth-order valence-electron chi connectivity index (χ4n) is 3.05. The topological polar surface area (TPSA) is 67.5 Å². The van der Waals surface area contributed by atoms with Gasteiger partial charge in [0.25, 0.3) is 5.91 Å². The van der Waals surface area contributed by atoms with Crippen molar-refractivity contribution >= 4 is 50.6 Å². The number of fused-ring (bicyclic) bond motifs is 1. The van der Waals surface area contributed by atoms with E-state index in [2.05, 4.69) is 37.7 Å². The van der Waals surface area contributed by atoms with E-state index in [1.165, 1.54) is 0 Å². The zero-order chi connectivity index (χ0) is 21.6. The Balaban J connectivity index is 1.46. The monoisotopic (exact) mass is 494 g/mol. The molecule has 0 aliphatic heterocycles. The molecular weight excluding hydrogens is 476 g/mol. The van der Waals surface area contributed by atoms with Gasteiger partial charge in [-0.1, -0.05) is 45.4 Å². The number of amides is 1. The van der Waals surface area contributed by atoms with Gasteiger partial charge >= 0.3 is 0 Å². The highest BCUT2D eigenvalue weighted by atomic mass is 79.9. The van der Waals surface area contributed by atoms with Crippen molar-refractivity contribution in [2.24, 2.45) is 10.3 Å². The van der Waals surface area contributed by atoms with Crippen molar-refractivity contribution in [3.05, 3.63) is 87.3 Å². The van der Waals surface area contributed by atoms with Gasteiger partial charge in [0.2, 0.25) is 0 Å². The molecule has 6 nitrogen and oxygen atoms in total. The molecule has 1 aromatic carbocycles. The number of hydrazone groups is 1. The first-order valence-corrected chi connectivity index (χ1v) is 11.2. The predicted octanol–water partition coefficient (Wildman–Crippen LogP) is 5.32. The van der Waals surface area contributed by atoms with Crippen LogP contribution < -0.4 is 5.43 Å². The summed E-state index contributed by atoms with van der Waals surface area (Å²) >= 11 is 5.03. The minimum Gasteiger partial charge on any atom is -0.385 e. The van der Waals surface area contributed by atoms with Gasteiger partial charge in [0, 0.05) is 21.7 Å². The quantitative estimate of drug-likeness (QED) is 0.279. The van der Waals surface area contributed by atoms with E-state index in [4.69, 9.17) is 4.84 Å². The smallest absolute Gasteiger partial charge is 0.280 e. The number of aromatic nitrogens is 1. The molecule has 0 aliphatic rings. The number of nitrogens with zero attached hydrogens (tertiary/aromatic N) is 3. The third-order valence-corrected chi connectivity index (χ3v) is 6.03. The van der Waals surface area contributed by atoms with Gasteiger partial charge in [0.15, 0.2) is 6.61 Å². The highest BCUT2D eigenvalue weighted by molar-refractivity contribution is 9.10. The number of carbonyl (C=O) groups is 1. The summed E-state index contributed by atoms with van der Waals surface area (Å²) in [6.45, 7) is 1.62. The first-order valence-electron chi connectivity index (χ1n) is 9.50. The third-order valence-electron chi connectivity index (χ3n) is 4.53. The molecule has 0 aliphatic carbocycles. The summed E-state index contributed by atoms with van der Waals surface area (Å²) < 4.78 is 3.04. The molecule has 4 aromatic rings. The fourth-order valence-corrected chi connectivity index (χ4v) is 3.99. The van der Waals surface area contributed by atoms with Crippen LogP contribution in [0.5, 0.6) is 0 Å². The van der Waals surface area contributed by atoms with Crippen LogP contribution in [-0.2, 0) is 9.63 Å². The molecule has 3 heterocycles. The van der Waals surface area contributed by atoms with Gasteiger partial charge in [-0.2, -0.15) is 5.10 Å². The van der Waals surface area contributed by atoms with Crippen molar-refractivity contribution in [1.82, 2.24) is 9.83 Å². The number of hydrogen-bond donors (Lipinski definition) is 1. The summed E-state index contributed by atoms with van der Waals surface area (Å²) in [7, 11) is 0. The normalized spacial score (nSPS) is 11.9. The molecule has 1 amide bonds. The number of pyridine rings is 1. The van der Waals surface area contributed by atoms with Gasteiger partial charge < -0.3 is 9.24 Å². The Hall–Kier alpha value is -3.23.